The molecule has 1 aromatic carbocycles. The molecule has 1 fully saturated rings. The molecule has 1 aliphatic rings. The summed E-state index contributed by atoms with van der Waals surface area (Å²) in [6, 6.07) is 6.76. The molecule has 21 heavy (non-hydrogen) atoms. The quantitative estimate of drug-likeness (QED) is 0.522. The topological polar surface area (TPSA) is 75.5 Å². The maximum absolute atomic E-state index is 12.3. The molecular weight excluding hydrogens is 290 g/mol. The van der Waals surface area contributed by atoms with Gasteiger partial charge in [0.2, 0.25) is 5.91 Å². The lowest BCUT2D eigenvalue weighted by molar-refractivity contribution is -0.384. The molecule has 2 unspecified atom stereocenters. The molecular formula is C14H19N3O3S. The SMILES string of the molecule is CC1NCCN(C(=O)CSc2ccc([N+](=O)[O-])cc2)C1C. The van der Waals surface area contributed by atoms with Crippen molar-refractivity contribution >= 4 is 23.4 Å². The summed E-state index contributed by atoms with van der Waals surface area (Å²) in [6.45, 7) is 5.67. The highest BCUT2D eigenvalue weighted by Gasteiger charge is 2.27. The number of nitro groups is 1. The third-order valence-electron chi connectivity index (χ3n) is 3.76. The molecule has 0 spiro atoms. The van der Waals surface area contributed by atoms with Crippen LogP contribution in [0.1, 0.15) is 13.8 Å². The van der Waals surface area contributed by atoms with Crippen molar-refractivity contribution in [3.8, 4) is 0 Å². The second-order valence-corrected chi connectivity index (χ2v) is 6.16. The molecule has 1 N–H and O–H groups in total. The van der Waals surface area contributed by atoms with E-state index in [4.69, 9.17) is 0 Å². The van der Waals surface area contributed by atoms with E-state index in [9.17, 15) is 14.9 Å². The first-order chi connectivity index (χ1) is 9.99. The fourth-order valence-electron chi connectivity index (χ4n) is 2.30. The summed E-state index contributed by atoms with van der Waals surface area (Å²) in [5.74, 6) is 0.466. The second kappa shape index (κ2) is 6.91. The van der Waals surface area contributed by atoms with Crippen LogP contribution in [0, 0.1) is 10.1 Å². The van der Waals surface area contributed by atoms with E-state index in [0.29, 0.717) is 11.8 Å². The number of carbonyl (C=O) groups excluding carboxylic acids is 1. The van der Waals surface area contributed by atoms with E-state index in [2.05, 4.69) is 12.2 Å². The highest BCUT2D eigenvalue weighted by molar-refractivity contribution is 8.00. The Bertz CT molecular complexity index is 521. The number of carbonyl (C=O) groups is 1. The Kier molecular flexibility index (Phi) is 5.19. The molecule has 6 nitrogen and oxygen atoms in total. The number of rotatable bonds is 4. The van der Waals surface area contributed by atoms with Crippen LogP contribution in [0.2, 0.25) is 0 Å². The molecule has 1 heterocycles. The van der Waals surface area contributed by atoms with Gasteiger partial charge >= 0.3 is 0 Å². The lowest BCUT2D eigenvalue weighted by atomic mass is 10.1. The van der Waals surface area contributed by atoms with Gasteiger partial charge in [-0.05, 0) is 26.0 Å². The van der Waals surface area contributed by atoms with Gasteiger partial charge in [0.15, 0.2) is 0 Å². The van der Waals surface area contributed by atoms with Crippen LogP contribution in [-0.2, 0) is 4.79 Å². The number of nitrogens with one attached hydrogen (secondary N) is 1. The monoisotopic (exact) mass is 309 g/mol. The van der Waals surface area contributed by atoms with Crippen LogP contribution < -0.4 is 5.32 Å². The summed E-state index contributed by atoms with van der Waals surface area (Å²) in [7, 11) is 0. The number of nitro benzene ring substituents is 1. The molecule has 0 saturated carbocycles. The zero-order valence-corrected chi connectivity index (χ0v) is 12.9. The normalized spacial score (nSPS) is 22.1. The largest absolute Gasteiger partial charge is 0.336 e. The van der Waals surface area contributed by atoms with Gasteiger partial charge in [-0.3, -0.25) is 14.9 Å². The van der Waals surface area contributed by atoms with Gasteiger partial charge < -0.3 is 10.2 Å². The summed E-state index contributed by atoms with van der Waals surface area (Å²) in [4.78, 5) is 25.2. The number of hydrogen-bond donors (Lipinski definition) is 1. The Hall–Kier alpha value is -1.60. The van der Waals surface area contributed by atoms with Crippen molar-refractivity contribution in [3.05, 3.63) is 34.4 Å². The van der Waals surface area contributed by atoms with Gasteiger partial charge in [-0.1, -0.05) is 0 Å². The predicted molar refractivity (Wildman–Crippen MR) is 82.5 cm³/mol. The Balaban J connectivity index is 1.90. The van der Waals surface area contributed by atoms with Crippen LogP contribution in [0.3, 0.4) is 0 Å². The molecule has 0 aromatic heterocycles. The molecule has 2 atom stereocenters. The minimum Gasteiger partial charge on any atom is -0.336 e. The maximum atomic E-state index is 12.3. The summed E-state index contributed by atoms with van der Waals surface area (Å²) in [5, 5.41) is 13.9. The second-order valence-electron chi connectivity index (χ2n) is 5.11. The number of benzene rings is 1. The molecule has 1 aliphatic heterocycles. The zero-order valence-electron chi connectivity index (χ0n) is 12.1. The van der Waals surface area contributed by atoms with Crippen LogP contribution in [0.25, 0.3) is 0 Å². The fraction of sp³-hybridized carbons (Fsp3) is 0.500. The number of hydrogen-bond acceptors (Lipinski definition) is 5. The molecule has 1 saturated heterocycles. The molecule has 114 valence electrons. The van der Waals surface area contributed by atoms with Crippen molar-refractivity contribution in [2.75, 3.05) is 18.8 Å². The summed E-state index contributed by atoms with van der Waals surface area (Å²) in [6.07, 6.45) is 0. The van der Waals surface area contributed by atoms with Gasteiger partial charge in [0.25, 0.3) is 5.69 Å². The predicted octanol–water partition coefficient (Wildman–Crippen LogP) is 1.90. The third-order valence-corrected chi connectivity index (χ3v) is 4.76. The van der Waals surface area contributed by atoms with Gasteiger partial charge in [-0.25, -0.2) is 0 Å². The number of nitrogens with zero attached hydrogens (tertiary/aromatic N) is 2. The van der Waals surface area contributed by atoms with Gasteiger partial charge in [-0.15, -0.1) is 11.8 Å². The van der Waals surface area contributed by atoms with E-state index in [0.717, 1.165) is 18.0 Å². The van der Waals surface area contributed by atoms with Crippen LogP contribution in [0.15, 0.2) is 29.2 Å². The maximum Gasteiger partial charge on any atom is 0.269 e. The van der Waals surface area contributed by atoms with E-state index in [1.165, 1.54) is 23.9 Å². The van der Waals surface area contributed by atoms with Crippen molar-refractivity contribution in [2.24, 2.45) is 0 Å². The van der Waals surface area contributed by atoms with E-state index in [1.807, 2.05) is 11.8 Å². The first-order valence-electron chi connectivity index (χ1n) is 6.89. The fourth-order valence-corrected chi connectivity index (χ4v) is 3.09. The highest BCUT2D eigenvalue weighted by atomic mass is 32.2. The van der Waals surface area contributed by atoms with E-state index in [1.54, 1.807) is 12.1 Å². The molecule has 1 amide bonds. The Labute approximate surface area is 128 Å². The number of piperazine rings is 1. The van der Waals surface area contributed by atoms with Crippen LogP contribution >= 0.6 is 11.8 Å². The number of thioether (sulfide) groups is 1. The van der Waals surface area contributed by atoms with Gasteiger partial charge in [0.1, 0.15) is 0 Å². The van der Waals surface area contributed by atoms with Gasteiger partial charge in [-0.2, -0.15) is 0 Å². The first-order valence-corrected chi connectivity index (χ1v) is 7.87. The van der Waals surface area contributed by atoms with Crippen molar-refractivity contribution in [2.45, 2.75) is 30.8 Å². The average molecular weight is 309 g/mol. The van der Waals surface area contributed by atoms with Gasteiger partial charge in [0.05, 0.1) is 10.7 Å². The van der Waals surface area contributed by atoms with Crippen molar-refractivity contribution in [1.82, 2.24) is 10.2 Å². The molecule has 0 aliphatic carbocycles. The van der Waals surface area contributed by atoms with Crippen molar-refractivity contribution < 1.29 is 9.72 Å². The molecule has 0 radical (unpaired) electrons. The standard InChI is InChI=1S/C14H19N3O3S/c1-10-11(2)16(8-7-15-10)14(18)9-21-13-5-3-12(4-6-13)17(19)20/h3-6,10-11,15H,7-9H2,1-2H3. The summed E-state index contributed by atoms with van der Waals surface area (Å²) >= 11 is 1.41. The molecule has 0 bridgehead atoms. The first kappa shape index (κ1) is 15.8. The highest BCUT2D eigenvalue weighted by Crippen LogP contribution is 2.22. The average Bonchev–Trinajstić information content (AvgIpc) is 2.48. The molecule has 2 rings (SSSR count). The Morgan fingerprint density at radius 3 is 2.71 bits per heavy atom. The minimum atomic E-state index is -0.427. The van der Waals surface area contributed by atoms with Crippen molar-refractivity contribution in [1.29, 1.82) is 0 Å². The minimum absolute atomic E-state index is 0.0650. The lowest BCUT2D eigenvalue weighted by Gasteiger charge is -2.38. The van der Waals surface area contributed by atoms with Crippen LogP contribution in [0.5, 0.6) is 0 Å². The Morgan fingerprint density at radius 1 is 1.43 bits per heavy atom. The number of amides is 1. The van der Waals surface area contributed by atoms with Crippen LogP contribution in [-0.4, -0.2) is 46.7 Å². The number of non-ortho nitro benzene ring substituents is 1. The lowest BCUT2D eigenvalue weighted by Crippen LogP contribution is -2.57. The molecule has 7 heteroatoms. The summed E-state index contributed by atoms with van der Waals surface area (Å²) < 4.78 is 0. The van der Waals surface area contributed by atoms with Crippen LogP contribution in [0.4, 0.5) is 5.69 Å². The summed E-state index contributed by atoms with van der Waals surface area (Å²) in [5.41, 5.74) is 0.0650. The van der Waals surface area contributed by atoms with Gasteiger partial charge in [0, 0.05) is 42.2 Å². The van der Waals surface area contributed by atoms with Crippen molar-refractivity contribution in [3.63, 3.8) is 0 Å². The van der Waals surface area contributed by atoms with E-state index < -0.39 is 4.92 Å². The molecule has 1 aromatic rings. The smallest absolute Gasteiger partial charge is 0.269 e. The Morgan fingerprint density at radius 2 is 2.10 bits per heavy atom. The van der Waals surface area contributed by atoms with E-state index in [-0.39, 0.29) is 17.6 Å². The zero-order chi connectivity index (χ0) is 15.4. The van der Waals surface area contributed by atoms with E-state index >= 15 is 0 Å². The third kappa shape index (κ3) is 3.95.